The summed E-state index contributed by atoms with van der Waals surface area (Å²) in [7, 11) is 1.50. The number of β-amino-alcohol motifs (C(OH)–C–C–N with tert-alkyl or cyclic N) is 1. The van der Waals surface area contributed by atoms with E-state index in [-0.39, 0.29) is 34.4 Å². The fraction of sp³-hybridized carbons (Fsp3) is 0.490. The van der Waals surface area contributed by atoms with Crippen molar-refractivity contribution in [3.63, 3.8) is 0 Å². The molecule has 3 aliphatic heterocycles. The quantitative estimate of drug-likeness (QED) is 0.130. The minimum Gasteiger partial charge on any atom is -0.391 e. The highest BCUT2D eigenvalue weighted by atomic mass is 35.5. The van der Waals surface area contributed by atoms with Crippen LogP contribution < -0.4 is 16.6 Å². The molecule has 2 saturated heterocycles. The Bertz CT molecular complexity index is 2470. The molecule has 0 bridgehead atoms. The van der Waals surface area contributed by atoms with Crippen molar-refractivity contribution >= 4 is 52.4 Å². The van der Waals surface area contributed by atoms with E-state index in [2.05, 4.69) is 76.6 Å². The number of hydrogen-bond donors (Lipinski definition) is 3. The lowest BCUT2D eigenvalue weighted by atomic mass is 9.69. The maximum absolute atomic E-state index is 13.1. The van der Waals surface area contributed by atoms with Gasteiger partial charge in [-0.1, -0.05) is 94.1 Å². The van der Waals surface area contributed by atoms with Crippen molar-refractivity contribution in [3.8, 4) is 16.1 Å². The number of hydrogen-bond acceptors (Lipinski definition) is 10. The van der Waals surface area contributed by atoms with Crippen LogP contribution in [0.5, 0.6) is 0 Å². The number of benzene rings is 3. The third-order valence-electron chi connectivity index (χ3n) is 13.1. The number of fused-ring (bicyclic) bond motifs is 7. The maximum atomic E-state index is 13.1. The fourth-order valence-electron chi connectivity index (χ4n) is 9.74. The number of carbonyl (C=O) groups excluding carboxylic acids is 3. The van der Waals surface area contributed by atoms with Crippen molar-refractivity contribution in [2.45, 2.75) is 116 Å². The van der Waals surface area contributed by atoms with Crippen molar-refractivity contribution in [1.29, 1.82) is 0 Å². The predicted octanol–water partition coefficient (Wildman–Crippen LogP) is 8.50. The second kappa shape index (κ2) is 22.1. The number of likely N-dealkylation sites (tertiary alicyclic amines) is 2. The molecule has 2 aromatic heterocycles. The van der Waals surface area contributed by atoms with Crippen molar-refractivity contribution in [2.24, 2.45) is 11.1 Å². The van der Waals surface area contributed by atoms with E-state index in [9.17, 15) is 24.3 Å². The molecule has 2 amide bonds. The van der Waals surface area contributed by atoms with E-state index in [0.717, 1.165) is 99.9 Å². The van der Waals surface area contributed by atoms with Gasteiger partial charge in [-0.15, -0.1) is 11.3 Å². The summed E-state index contributed by atoms with van der Waals surface area (Å²) in [5.41, 5.74) is 14.0. The summed E-state index contributed by atoms with van der Waals surface area (Å²) in [4.78, 5) is 60.1. The first kappa shape index (κ1) is 49.6. The zero-order valence-electron chi connectivity index (χ0n) is 38.8. The summed E-state index contributed by atoms with van der Waals surface area (Å²) in [5, 5.41) is 13.0. The first-order valence-corrected chi connectivity index (χ1v) is 24.2. The van der Waals surface area contributed by atoms with Gasteiger partial charge in [0, 0.05) is 19.5 Å². The summed E-state index contributed by atoms with van der Waals surface area (Å²) in [5.74, 6) is 1.55. The highest BCUT2D eigenvalue weighted by Gasteiger charge is 2.46. The number of nitrogens with one attached hydrogen (secondary N) is 1. The van der Waals surface area contributed by atoms with Crippen LogP contribution in [0.25, 0.3) is 27.0 Å². The number of aldehydes is 1. The van der Waals surface area contributed by atoms with Gasteiger partial charge in [0.15, 0.2) is 0 Å². The van der Waals surface area contributed by atoms with E-state index in [1.165, 1.54) is 40.7 Å². The number of nitrogens with two attached hydrogens (primary N) is 1. The molecule has 4 N–H and O–H groups in total. The topological polar surface area (TPSA) is 164 Å². The first-order chi connectivity index (χ1) is 31.2. The number of thiazole rings is 1. The lowest BCUT2D eigenvalue weighted by Gasteiger charge is -2.34. The summed E-state index contributed by atoms with van der Waals surface area (Å²) in [6, 6.07) is 20.9. The Kier molecular flexibility index (Phi) is 16.9. The average Bonchev–Trinajstić information content (AvgIpc) is 4.01. The van der Waals surface area contributed by atoms with Gasteiger partial charge in [-0.3, -0.25) is 23.9 Å². The van der Waals surface area contributed by atoms with Crippen molar-refractivity contribution in [1.82, 2.24) is 29.7 Å². The molecule has 3 aromatic carbocycles. The number of aliphatic hydroxyl groups excluding tert-OH is 1. The molecule has 2 atom stereocenters. The van der Waals surface area contributed by atoms with Crippen LogP contribution in [0.15, 0.2) is 71.0 Å². The largest absolute Gasteiger partial charge is 0.391 e. The van der Waals surface area contributed by atoms with E-state index < -0.39 is 0 Å². The van der Waals surface area contributed by atoms with E-state index >= 15 is 0 Å². The lowest BCUT2D eigenvalue weighted by molar-refractivity contribution is -0.132. The molecule has 1 saturated carbocycles. The van der Waals surface area contributed by atoms with E-state index in [4.69, 9.17) is 16.6 Å². The van der Waals surface area contributed by atoms with Crippen LogP contribution in [0.3, 0.4) is 0 Å². The monoisotopic (exact) mass is 923 g/mol. The molecule has 3 fully saturated rings. The Morgan fingerprint density at radius 2 is 1.72 bits per heavy atom. The molecule has 1 aliphatic carbocycles. The van der Waals surface area contributed by atoms with Crippen molar-refractivity contribution in [2.75, 3.05) is 39.8 Å². The zero-order chi connectivity index (χ0) is 46.9. The van der Waals surface area contributed by atoms with Crippen LogP contribution in [0.1, 0.15) is 126 Å². The van der Waals surface area contributed by atoms with Crippen LogP contribution >= 0.6 is 22.9 Å². The zero-order valence-corrected chi connectivity index (χ0v) is 40.4. The smallest absolute Gasteiger partial charge is 0.282 e. The summed E-state index contributed by atoms with van der Waals surface area (Å²) in [6.45, 7) is 13.8. The summed E-state index contributed by atoms with van der Waals surface area (Å²) < 4.78 is 2.23. The van der Waals surface area contributed by atoms with Gasteiger partial charge in [-0.25, -0.2) is 4.98 Å². The molecule has 4 aliphatic rings. The Balaban J connectivity index is 0.000000183. The summed E-state index contributed by atoms with van der Waals surface area (Å²) >= 11 is 8.12. The first-order valence-electron chi connectivity index (χ1n) is 23.0. The molecular weight excluding hydrogens is 858 g/mol. The van der Waals surface area contributed by atoms with Gasteiger partial charge in [0.1, 0.15) is 12.1 Å². The molecule has 0 radical (unpaired) electrons. The fourth-order valence-corrected chi connectivity index (χ4v) is 10.8. The minimum absolute atomic E-state index is 0.0455. The number of amides is 2. The molecule has 348 valence electrons. The van der Waals surface area contributed by atoms with Gasteiger partial charge in [0.05, 0.1) is 61.8 Å². The number of halogens is 1. The Morgan fingerprint density at radius 1 is 1.02 bits per heavy atom. The van der Waals surface area contributed by atoms with Gasteiger partial charge in [0.2, 0.25) is 12.3 Å². The molecule has 1 spiro atoms. The van der Waals surface area contributed by atoms with Gasteiger partial charge in [0.25, 0.3) is 5.56 Å². The minimum atomic E-state index is -0.302. The van der Waals surface area contributed by atoms with Crippen LogP contribution in [0.4, 0.5) is 0 Å². The highest BCUT2D eigenvalue weighted by molar-refractivity contribution is 7.13. The number of rotatable bonds is 8. The second-order valence-corrected chi connectivity index (χ2v) is 20.0. The van der Waals surface area contributed by atoms with Gasteiger partial charge in [-0.05, 0) is 118 Å². The number of piperidine rings is 1. The Morgan fingerprint density at radius 3 is 2.32 bits per heavy atom. The van der Waals surface area contributed by atoms with E-state index in [0.29, 0.717) is 35.8 Å². The number of carbonyl (C=O) groups is 3. The van der Waals surface area contributed by atoms with E-state index in [1.54, 1.807) is 22.3 Å². The number of aryl methyl sites for hydroxylation is 1. The molecule has 5 heterocycles. The number of nitrogens with zero attached hydrogens (tertiary/aromatic N) is 5. The molecule has 5 aromatic rings. The molecule has 12 nitrogen and oxygen atoms in total. The third-order valence-corrected chi connectivity index (χ3v) is 14.4. The average molecular weight is 925 g/mol. The van der Waals surface area contributed by atoms with Crippen molar-refractivity contribution < 1.29 is 19.5 Å². The number of aromatic nitrogens is 3. The SMILES string of the molecule is CC(C)(C)CC(=O)N1CCC(O)C1.CN.Cc1ncsc1-c1ccc([C@H](C)NC=O)cc1.O=CCN1CCC(c2ccc3c(c2)-n2c(nc(=O)c4c(Cl)cccc42)C32CCCCC2)CC1. The van der Waals surface area contributed by atoms with Crippen LogP contribution in [-0.2, 0) is 19.8 Å². The van der Waals surface area contributed by atoms with Gasteiger partial charge in [-0.2, -0.15) is 4.98 Å². The normalized spacial score (nSPS) is 18.2. The number of aliphatic hydroxyl groups is 1. The highest BCUT2D eigenvalue weighted by Crippen LogP contribution is 2.52. The molecule has 1 unspecified atom stereocenters. The second-order valence-electron chi connectivity index (χ2n) is 18.8. The Hall–Kier alpha value is -4.79. The van der Waals surface area contributed by atoms with Crippen LogP contribution in [0, 0.1) is 12.3 Å². The van der Waals surface area contributed by atoms with Crippen molar-refractivity contribution in [3.05, 3.63) is 110 Å². The molecular formula is C51H66ClN7O5S. The lowest BCUT2D eigenvalue weighted by Crippen LogP contribution is -2.34. The van der Waals surface area contributed by atoms with Crippen LogP contribution in [-0.4, -0.2) is 93.9 Å². The summed E-state index contributed by atoms with van der Waals surface area (Å²) in [6.07, 6.45) is 10.4. The van der Waals surface area contributed by atoms with Gasteiger partial charge < -0.3 is 25.9 Å². The molecule has 9 rings (SSSR count). The maximum Gasteiger partial charge on any atom is 0.282 e. The third kappa shape index (κ3) is 11.4. The molecule has 14 heteroatoms. The van der Waals surface area contributed by atoms with E-state index in [1.807, 2.05) is 43.6 Å². The standard InChI is InChI=1S/C27H28ClN3O2.C13H14N2OS.C10H19NO2.CH5N/c28-21-5-4-6-22-24(21)25(33)29-26-27(11-2-1-3-12-27)20-8-7-19(17-23(20)31(22)26)18-9-13-30(14-10-18)15-16-32;1-9(14-7-16)11-3-5-12(6-4-11)13-10(2)15-8-17-13;1-10(2,3)6-9(13)11-5-4-8(12)7-11;1-2/h4-8,16-18H,1-3,9-15H2;3-9H,1-2H3,(H,14,16);8,12H,4-7H2,1-3H3;2H2,1H3/t;9-;;/m.0../s1. The molecule has 65 heavy (non-hydrogen) atoms. The van der Waals surface area contributed by atoms with Crippen LogP contribution in [0.2, 0.25) is 5.02 Å². The van der Waals surface area contributed by atoms with Gasteiger partial charge >= 0.3 is 0 Å². The predicted molar refractivity (Wildman–Crippen MR) is 262 cm³/mol. The Labute approximate surface area is 392 Å².